The number of hydrogen-bond acceptors (Lipinski definition) is 4. The Morgan fingerprint density at radius 3 is 3.05 bits per heavy atom. The number of nitrogens with zero attached hydrogens (tertiary/aromatic N) is 3. The molecule has 2 N–H and O–H groups in total. The number of nitrogens with one attached hydrogen (secondary N) is 2. The molecule has 0 aliphatic heterocycles. The minimum Gasteiger partial charge on any atom is -0.366 e. The van der Waals surface area contributed by atoms with Gasteiger partial charge in [0.15, 0.2) is 5.65 Å². The Morgan fingerprint density at radius 2 is 2.25 bits per heavy atom. The number of rotatable bonds is 3. The maximum Gasteiger partial charge on any atom is 0.348 e. The lowest BCUT2D eigenvalue weighted by atomic mass is 10.2. The number of hydrogen-bond donors (Lipinski definition) is 2. The van der Waals surface area contributed by atoms with E-state index in [1.165, 1.54) is 16.8 Å². The molecule has 2 aromatic heterocycles. The molecule has 3 aromatic rings. The summed E-state index contributed by atoms with van der Waals surface area (Å²) in [6.07, 6.45) is 1.38. The Balaban J connectivity index is 1.79. The van der Waals surface area contributed by atoms with Gasteiger partial charge in [-0.05, 0) is 17.7 Å². The van der Waals surface area contributed by atoms with Crippen LogP contribution in [0.25, 0.3) is 5.65 Å². The van der Waals surface area contributed by atoms with Crippen LogP contribution in [-0.4, -0.2) is 19.6 Å². The average molecular weight is 294 g/mol. The second-order valence-electron chi connectivity index (χ2n) is 4.13. The lowest BCUT2D eigenvalue weighted by molar-refractivity contribution is 0.627. The van der Waals surface area contributed by atoms with Crippen LogP contribution in [0.4, 0.5) is 10.2 Å². The van der Waals surface area contributed by atoms with Crippen LogP contribution in [0.15, 0.2) is 35.4 Å². The van der Waals surface area contributed by atoms with E-state index in [2.05, 4.69) is 20.5 Å². The van der Waals surface area contributed by atoms with Crippen molar-refractivity contribution in [1.82, 2.24) is 19.6 Å². The molecule has 20 heavy (non-hydrogen) atoms. The van der Waals surface area contributed by atoms with Crippen molar-refractivity contribution in [2.45, 2.75) is 6.54 Å². The number of benzene rings is 1. The van der Waals surface area contributed by atoms with Gasteiger partial charge in [0.1, 0.15) is 18.0 Å². The van der Waals surface area contributed by atoms with Crippen molar-refractivity contribution in [3.05, 3.63) is 57.5 Å². The fraction of sp³-hybridized carbons (Fsp3) is 0.0833. The first-order valence-corrected chi connectivity index (χ1v) is 6.12. The topological polar surface area (TPSA) is 75.1 Å². The number of aromatic nitrogens is 4. The smallest absolute Gasteiger partial charge is 0.348 e. The summed E-state index contributed by atoms with van der Waals surface area (Å²) in [4.78, 5) is 15.4. The zero-order chi connectivity index (χ0) is 14.1. The maximum absolute atomic E-state index is 13.0. The van der Waals surface area contributed by atoms with Gasteiger partial charge in [0, 0.05) is 12.6 Å². The predicted octanol–water partition coefficient (Wildman–Crippen LogP) is 1.82. The second kappa shape index (κ2) is 4.93. The summed E-state index contributed by atoms with van der Waals surface area (Å²) in [5.41, 5.74) is 0.937. The van der Waals surface area contributed by atoms with E-state index in [-0.39, 0.29) is 10.7 Å². The van der Waals surface area contributed by atoms with Crippen LogP contribution in [0.3, 0.4) is 0 Å². The zero-order valence-corrected chi connectivity index (χ0v) is 10.9. The van der Waals surface area contributed by atoms with Crippen molar-refractivity contribution in [2.24, 2.45) is 0 Å². The predicted molar refractivity (Wildman–Crippen MR) is 72.3 cm³/mol. The number of fused-ring (bicyclic) bond motifs is 1. The van der Waals surface area contributed by atoms with Gasteiger partial charge in [0.25, 0.3) is 0 Å². The van der Waals surface area contributed by atoms with E-state index in [4.69, 9.17) is 11.6 Å². The molecule has 0 aliphatic carbocycles. The molecule has 1 aromatic carbocycles. The fourth-order valence-electron chi connectivity index (χ4n) is 1.75. The van der Waals surface area contributed by atoms with Gasteiger partial charge in [-0.15, -0.1) is 0 Å². The summed E-state index contributed by atoms with van der Waals surface area (Å²) in [7, 11) is 0. The van der Waals surface area contributed by atoms with E-state index in [1.54, 1.807) is 18.2 Å². The van der Waals surface area contributed by atoms with Gasteiger partial charge in [-0.1, -0.05) is 17.7 Å². The lowest BCUT2D eigenvalue weighted by Crippen LogP contribution is -2.10. The van der Waals surface area contributed by atoms with Crippen molar-refractivity contribution in [1.29, 1.82) is 0 Å². The number of H-pyrrole nitrogens is 1. The molecule has 0 saturated carbocycles. The molecule has 0 fully saturated rings. The van der Waals surface area contributed by atoms with Crippen molar-refractivity contribution in [2.75, 3.05) is 5.32 Å². The summed E-state index contributed by atoms with van der Waals surface area (Å²) in [6, 6.07) is 6.11. The van der Waals surface area contributed by atoms with Gasteiger partial charge in [-0.3, -0.25) is 0 Å². The van der Waals surface area contributed by atoms with Gasteiger partial charge < -0.3 is 5.32 Å². The third-order valence-electron chi connectivity index (χ3n) is 2.77. The molecular weight excluding hydrogens is 285 g/mol. The Bertz CT molecular complexity index is 828. The lowest BCUT2D eigenvalue weighted by Gasteiger charge is -2.06. The summed E-state index contributed by atoms with van der Waals surface area (Å²) in [5, 5.41) is 9.28. The van der Waals surface area contributed by atoms with Crippen LogP contribution in [0, 0.1) is 5.82 Å². The number of aromatic amines is 1. The van der Waals surface area contributed by atoms with Crippen molar-refractivity contribution >= 4 is 23.1 Å². The molecule has 2 heterocycles. The summed E-state index contributed by atoms with van der Waals surface area (Å²) in [6.45, 7) is 0.428. The normalized spacial score (nSPS) is 10.9. The van der Waals surface area contributed by atoms with Crippen LogP contribution in [0.2, 0.25) is 5.02 Å². The van der Waals surface area contributed by atoms with Crippen molar-refractivity contribution in [3.8, 4) is 0 Å². The third-order valence-corrected chi connectivity index (χ3v) is 3.06. The first-order valence-electron chi connectivity index (χ1n) is 5.74. The van der Waals surface area contributed by atoms with E-state index >= 15 is 0 Å². The van der Waals surface area contributed by atoms with Crippen LogP contribution in [0.5, 0.6) is 0 Å². The molecule has 6 nitrogen and oxygen atoms in total. The highest BCUT2D eigenvalue weighted by Crippen LogP contribution is 2.16. The molecule has 8 heteroatoms. The minimum absolute atomic E-state index is 0.0755. The Hall–Kier alpha value is -2.41. The SMILES string of the molecule is O=c1[nH]nc2cc(NCc3ccc(F)c(Cl)c3)ncn12. The van der Waals surface area contributed by atoms with Gasteiger partial charge in [0.2, 0.25) is 0 Å². The molecule has 0 atom stereocenters. The van der Waals surface area contributed by atoms with Crippen LogP contribution in [0.1, 0.15) is 5.56 Å². The third kappa shape index (κ3) is 2.35. The van der Waals surface area contributed by atoms with Gasteiger partial charge >= 0.3 is 5.69 Å². The molecule has 0 bridgehead atoms. The van der Waals surface area contributed by atoms with Gasteiger partial charge in [0.05, 0.1) is 5.02 Å². The number of halogens is 2. The van der Waals surface area contributed by atoms with Gasteiger partial charge in [-0.25, -0.2) is 23.7 Å². The molecule has 3 rings (SSSR count). The Morgan fingerprint density at radius 1 is 1.40 bits per heavy atom. The van der Waals surface area contributed by atoms with Crippen LogP contribution in [-0.2, 0) is 6.54 Å². The van der Waals surface area contributed by atoms with Crippen LogP contribution < -0.4 is 11.0 Å². The first kappa shape index (κ1) is 12.6. The zero-order valence-electron chi connectivity index (χ0n) is 10.1. The molecule has 0 spiro atoms. The second-order valence-corrected chi connectivity index (χ2v) is 4.54. The van der Waals surface area contributed by atoms with E-state index in [0.29, 0.717) is 18.0 Å². The molecule has 0 saturated heterocycles. The largest absolute Gasteiger partial charge is 0.366 e. The van der Waals surface area contributed by atoms with E-state index in [9.17, 15) is 9.18 Å². The first-order chi connectivity index (χ1) is 9.63. The Labute approximate surface area is 117 Å². The molecule has 0 radical (unpaired) electrons. The van der Waals surface area contributed by atoms with Crippen molar-refractivity contribution < 1.29 is 4.39 Å². The summed E-state index contributed by atoms with van der Waals surface area (Å²) < 4.78 is 14.3. The van der Waals surface area contributed by atoms with E-state index in [1.807, 2.05) is 0 Å². The molecule has 0 unspecified atom stereocenters. The highest BCUT2D eigenvalue weighted by Gasteiger charge is 2.04. The standard InChI is InChI=1S/C12H9ClFN5O/c13-8-3-7(1-2-9(8)14)5-15-10-4-11-17-18-12(20)19(11)6-16-10/h1-4,6,15H,5H2,(H,18,20). The Kier molecular flexibility index (Phi) is 3.11. The highest BCUT2D eigenvalue weighted by atomic mass is 35.5. The number of anilines is 1. The highest BCUT2D eigenvalue weighted by molar-refractivity contribution is 6.30. The van der Waals surface area contributed by atoms with E-state index < -0.39 is 5.82 Å². The van der Waals surface area contributed by atoms with Crippen molar-refractivity contribution in [3.63, 3.8) is 0 Å². The van der Waals surface area contributed by atoms with E-state index in [0.717, 1.165) is 5.56 Å². The van der Waals surface area contributed by atoms with Gasteiger partial charge in [-0.2, -0.15) is 5.10 Å². The maximum atomic E-state index is 13.0. The van der Waals surface area contributed by atoms with Crippen LogP contribution >= 0.6 is 11.6 Å². The minimum atomic E-state index is -0.453. The molecule has 0 amide bonds. The quantitative estimate of drug-likeness (QED) is 0.772. The summed E-state index contributed by atoms with van der Waals surface area (Å²) in [5.74, 6) is 0.0998. The fourth-order valence-corrected chi connectivity index (χ4v) is 1.95. The molecular formula is C12H9ClFN5O. The summed E-state index contributed by atoms with van der Waals surface area (Å²) >= 11 is 5.71. The molecule has 102 valence electrons. The average Bonchev–Trinajstić information content (AvgIpc) is 2.81. The molecule has 0 aliphatic rings. The monoisotopic (exact) mass is 293 g/mol.